The number of nitrogens with one attached hydrogen (secondary N) is 1. The first-order valence-electron chi connectivity index (χ1n) is 12.1. The molecule has 1 unspecified atom stereocenters. The number of pyridine rings is 2. The molecule has 0 aliphatic carbocycles. The topological polar surface area (TPSA) is 135 Å². The number of aliphatic imine (C=N–C) groups is 1. The third-order valence-corrected chi connectivity index (χ3v) is 6.48. The standard InChI is InChI=1S/C26H26N6O3S.C2H6/c1-26(2,24(34)31-25(28)36-14-27)21-17-11-12-29-13-20(17)35-22-18(21)9-10-19(30-22)15-5-7-16(8-6-15)23(33)32(3)4;1-2/h5-14,21,27H,1-4H3,(H2,28,31,34);1-2H3. The van der Waals surface area contributed by atoms with Crippen LogP contribution in [0.2, 0.25) is 0 Å². The Morgan fingerprint density at radius 3 is 2.42 bits per heavy atom. The zero-order chi connectivity index (χ0) is 28.0. The molecule has 1 aliphatic rings. The molecule has 3 N–H and O–H groups in total. The number of hydrogen-bond acceptors (Lipinski definition) is 7. The zero-order valence-electron chi connectivity index (χ0n) is 22.4. The number of hydrogen-bond donors (Lipinski definition) is 2. The average molecular weight is 533 g/mol. The van der Waals surface area contributed by atoms with Gasteiger partial charge in [0.25, 0.3) is 11.8 Å². The van der Waals surface area contributed by atoms with Crippen molar-refractivity contribution in [3.05, 3.63) is 71.5 Å². The summed E-state index contributed by atoms with van der Waals surface area (Å²) in [5.41, 5.74) is 9.43. The molecule has 0 radical (unpaired) electrons. The second-order valence-corrected chi connectivity index (χ2v) is 9.92. The van der Waals surface area contributed by atoms with Crippen molar-refractivity contribution >= 4 is 34.3 Å². The van der Waals surface area contributed by atoms with Crippen molar-refractivity contribution in [2.45, 2.75) is 33.6 Å². The minimum absolute atomic E-state index is 0.00924. The van der Waals surface area contributed by atoms with Crippen LogP contribution in [-0.2, 0) is 4.79 Å². The Morgan fingerprint density at radius 1 is 1.11 bits per heavy atom. The lowest BCUT2D eigenvalue weighted by molar-refractivity contribution is -0.126. The maximum Gasteiger partial charge on any atom is 0.254 e. The smallest absolute Gasteiger partial charge is 0.254 e. The largest absolute Gasteiger partial charge is 0.437 e. The molecule has 0 bridgehead atoms. The van der Waals surface area contributed by atoms with Crippen LogP contribution >= 0.6 is 11.8 Å². The lowest BCUT2D eigenvalue weighted by Gasteiger charge is -2.36. The third kappa shape index (κ3) is 5.75. The molecular formula is C28H32N6O3S. The third-order valence-electron chi connectivity index (χ3n) is 6.03. The van der Waals surface area contributed by atoms with Crippen molar-refractivity contribution in [1.82, 2.24) is 14.9 Å². The number of fused-ring (bicyclic) bond motifs is 2. The number of amidine groups is 1. The van der Waals surface area contributed by atoms with Crippen LogP contribution in [0.15, 0.2) is 59.9 Å². The molecule has 0 saturated heterocycles. The van der Waals surface area contributed by atoms with E-state index >= 15 is 0 Å². The molecule has 0 fully saturated rings. The van der Waals surface area contributed by atoms with E-state index in [2.05, 4.69) is 9.98 Å². The van der Waals surface area contributed by atoms with E-state index in [1.807, 2.05) is 44.2 Å². The van der Waals surface area contributed by atoms with Crippen molar-refractivity contribution < 1.29 is 14.3 Å². The van der Waals surface area contributed by atoms with E-state index in [0.29, 0.717) is 22.9 Å². The predicted molar refractivity (Wildman–Crippen MR) is 152 cm³/mol. The zero-order valence-corrected chi connectivity index (χ0v) is 23.2. The van der Waals surface area contributed by atoms with Gasteiger partial charge < -0.3 is 20.8 Å². The van der Waals surface area contributed by atoms with Gasteiger partial charge in [0.15, 0.2) is 10.9 Å². The highest BCUT2D eigenvalue weighted by Gasteiger charge is 2.44. The Labute approximate surface area is 227 Å². The van der Waals surface area contributed by atoms with Gasteiger partial charge in [0.1, 0.15) is 0 Å². The Kier molecular flexibility index (Phi) is 9.00. The molecule has 2 aromatic heterocycles. The molecule has 1 aliphatic heterocycles. The van der Waals surface area contributed by atoms with Crippen LogP contribution in [0, 0.1) is 10.8 Å². The van der Waals surface area contributed by atoms with Crippen LogP contribution in [0.25, 0.3) is 11.3 Å². The second kappa shape index (κ2) is 12.0. The molecule has 3 aromatic rings. The van der Waals surface area contributed by atoms with Gasteiger partial charge in [-0.3, -0.25) is 14.6 Å². The van der Waals surface area contributed by atoms with Crippen LogP contribution in [-0.4, -0.2) is 51.5 Å². The van der Waals surface area contributed by atoms with E-state index in [0.717, 1.165) is 34.0 Å². The normalized spacial score (nSPS) is 14.2. The number of benzene rings is 1. The van der Waals surface area contributed by atoms with Gasteiger partial charge in [0.05, 0.1) is 22.9 Å². The lowest BCUT2D eigenvalue weighted by Crippen LogP contribution is -2.34. The van der Waals surface area contributed by atoms with Gasteiger partial charge in [-0.15, -0.1) is 0 Å². The molecule has 9 nitrogen and oxygen atoms in total. The molecule has 1 aromatic carbocycles. The van der Waals surface area contributed by atoms with Gasteiger partial charge >= 0.3 is 0 Å². The van der Waals surface area contributed by atoms with Crippen molar-refractivity contribution in [3.8, 4) is 22.9 Å². The number of aromatic nitrogens is 2. The summed E-state index contributed by atoms with van der Waals surface area (Å²) in [4.78, 5) is 39.9. The fourth-order valence-electron chi connectivity index (χ4n) is 4.17. The van der Waals surface area contributed by atoms with E-state index in [1.54, 1.807) is 52.5 Å². The summed E-state index contributed by atoms with van der Waals surface area (Å²) >= 11 is 0.875. The minimum Gasteiger partial charge on any atom is -0.437 e. The lowest BCUT2D eigenvalue weighted by atomic mass is 9.70. The first-order valence-corrected chi connectivity index (χ1v) is 13.0. The van der Waals surface area contributed by atoms with Gasteiger partial charge in [-0.1, -0.05) is 45.9 Å². The predicted octanol–water partition coefficient (Wildman–Crippen LogP) is 5.32. The van der Waals surface area contributed by atoms with Crippen LogP contribution in [0.1, 0.15) is 55.1 Å². The Bertz CT molecular complexity index is 1370. The monoisotopic (exact) mass is 532 g/mol. The maximum atomic E-state index is 13.2. The summed E-state index contributed by atoms with van der Waals surface area (Å²) in [5.74, 6) is -0.0315. The highest BCUT2D eigenvalue weighted by molar-refractivity contribution is 8.24. The molecule has 2 amide bonds. The van der Waals surface area contributed by atoms with Crippen LogP contribution in [0.5, 0.6) is 11.6 Å². The highest BCUT2D eigenvalue weighted by atomic mass is 32.2. The molecule has 0 spiro atoms. The van der Waals surface area contributed by atoms with Crippen LogP contribution in [0.3, 0.4) is 0 Å². The second-order valence-electron chi connectivity index (χ2n) is 9.03. The molecule has 4 rings (SSSR count). The SMILES string of the molecule is CC.CN(C)C(=O)c1ccc(-c2ccc3c(n2)Oc2cnccc2C3C(C)(C)C(=O)N=C(N)SC=N)cc1. The summed E-state index contributed by atoms with van der Waals surface area (Å²) in [7, 11) is 3.42. The maximum absolute atomic E-state index is 13.2. The van der Waals surface area contributed by atoms with Gasteiger partial charge in [0, 0.05) is 48.5 Å². The van der Waals surface area contributed by atoms with Gasteiger partial charge in [0.2, 0.25) is 5.88 Å². The summed E-state index contributed by atoms with van der Waals surface area (Å²) in [6, 6.07) is 12.8. The Morgan fingerprint density at radius 2 is 1.79 bits per heavy atom. The van der Waals surface area contributed by atoms with Crippen molar-refractivity contribution in [2.75, 3.05) is 14.1 Å². The summed E-state index contributed by atoms with van der Waals surface area (Å²) in [5, 5.41) is 7.19. The van der Waals surface area contributed by atoms with Crippen LogP contribution < -0.4 is 10.5 Å². The Hall–Kier alpha value is -4.05. The highest BCUT2D eigenvalue weighted by Crippen LogP contribution is 2.51. The number of rotatable bonds is 5. The van der Waals surface area contributed by atoms with E-state index in [9.17, 15) is 9.59 Å². The number of carbonyl (C=O) groups excluding carboxylic acids is 2. The number of amides is 2. The van der Waals surface area contributed by atoms with Crippen LogP contribution in [0.4, 0.5) is 0 Å². The minimum atomic E-state index is -1.00. The van der Waals surface area contributed by atoms with Gasteiger partial charge in [-0.2, -0.15) is 4.99 Å². The fourth-order valence-corrected chi connectivity index (χ4v) is 4.43. The van der Waals surface area contributed by atoms with E-state index in [1.165, 1.54) is 4.90 Å². The molecule has 3 heterocycles. The molecule has 10 heteroatoms. The number of thioether (sulfide) groups is 1. The van der Waals surface area contributed by atoms with Crippen molar-refractivity contribution in [3.63, 3.8) is 0 Å². The summed E-state index contributed by atoms with van der Waals surface area (Å²) in [6.45, 7) is 7.61. The van der Waals surface area contributed by atoms with Crippen molar-refractivity contribution in [1.29, 1.82) is 5.41 Å². The quantitative estimate of drug-likeness (QED) is 0.335. The summed E-state index contributed by atoms with van der Waals surface area (Å²) in [6.07, 6.45) is 3.26. The number of ether oxygens (including phenoxy) is 1. The van der Waals surface area contributed by atoms with Gasteiger partial charge in [-0.05, 0) is 36.0 Å². The molecule has 38 heavy (non-hydrogen) atoms. The van der Waals surface area contributed by atoms with E-state index in [-0.39, 0.29) is 11.1 Å². The number of nitrogens with two attached hydrogens (primary N) is 1. The van der Waals surface area contributed by atoms with E-state index in [4.69, 9.17) is 20.9 Å². The average Bonchev–Trinajstić information content (AvgIpc) is 2.92. The number of carbonyl (C=O) groups is 2. The Balaban J connectivity index is 0.00000195. The first kappa shape index (κ1) is 28.5. The molecule has 0 saturated carbocycles. The molecular weight excluding hydrogens is 500 g/mol. The molecule has 1 atom stereocenters. The van der Waals surface area contributed by atoms with E-state index < -0.39 is 17.2 Å². The fraction of sp³-hybridized carbons (Fsp3) is 0.286. The number of nitrogens with zero attached hydrogens (tertiary/aromatic N) is 4. The summed E-state index contributed by atoms with van der Waals surface area (Å²) < 4.78 is 6.12. The van der Waals surface area contributed by atoms with Gasteiger partial charge in [-0.25, -0.2) is 4.98 Å². The first-order chi connectivity index (χ1) is 18.1. The molecule has 198 valence electrons. The van der Waals surface area contributed by atoms with Crippen molar-refractivity contribution in [2.24, 2.45) is 16.1 Å².